The van der Waals surface area contributed by atoms with Gasteiger partial charge in [0.2, 0.25) is 0 Å². The van der Waals surface area contributed by atoms with E-state index in [9.17, 15) is 4.39 Å². The number of benzene rings is 1. The van der Waals surface area contributed by atoms with E-state index in [0.29, 0.717) is 18.2 Å². The van der Waals surface area contributed by atoms with E-state index in [-0.39, 0.29) is 5.82 Å². The van der Waals surface area contributed by atoms with Crippen molar-refractivity contribution >= 4 is 5.82 Å². The molecule has 0 aliphatic carbocycles. The van der Waals surface area contributed by atoms with Gasteiger partial charge in [-0.2, -0.15) is 0 Å². The molecule has 0 aliphatic rings. The van der Waals surface area contributed by atoms with E-state index >= 15 is 0 Å². The molecule has 22 heavy (non-hydrogen) atoms. The van der Waals surface area contributed by atoms with Crippen LogP contribution in [0.15, 0.2) is 54.9 Å². The zero-order valence-electron chi connectivity index (χ0n) is 12.1. The summed E-state index contributed by atoms with van der Waals surface area (Å²) in [5, 5.41) is 3.20. The Kier molecular flexibility index (Phi) is 4.05. The van der Waals surface area contributed by atoms with Crippen LogP contribution in [0.1, 0.15) is 11.3 Å². The van der Waals surface area contributed by atoms with E-state index in [2.05, 4.69) is 20.3 Å². The highest BCUT2D eigenvalue weighted by atomic mass is 19.1. The van der Waals surface area contributed by atoms with Crippen LogP contribution in [0.4, 0.5) is 10.2 Å². The average Bonchev–Trinajstić information content (AvgIpc) is 2.53. The summed E-state index contributed by atoms with van der Waals surface area (Å²) in [4.78, 5) is 13.0. The molecule has 0 amide bonds. The molecule has 0 saturated heterocycles. The van der Waals surface area contributed by atoms with Crippen molar-refractivity contribution in [2.45, 2.75) is 13.5 Å². The number of nitrogens with zero attached hydrogens (tertiary/aromatic N) is 3. The molecule has 3 rings (SSSR count). The van der Waals surface area contributed by atoms with Gasteiger partial charge in [0.05, 0.1) is 0 Å². The van der Waals surface area contributed by atoms with Gasteiger partial charge in [-0.3, -0.25) is 4.98 Å². The van der Waals surface area contributed by atoms with E-state index in [1.165, 1.54) is 12.1 Å². The van der Waals surface area contributed by atoms with Crippen molar-refractivity contribution in [3.8, 4) is 11.4 Å². The number of halogens is 1. The lowest BCUT2D eigenvalue weighted by Gasteiger charge is -2.09. The van der Waals surface area contributed by atoms with Crippen LogP contribution in [0.5, 0.6) is 0 Å². The third kappa shape index (κ3) is 3.44. The van der Waals surface area contributed by atoms with Crippen molar-refractivity contribution in [3.63, 3.8) is 0 Å². The lowest BCUT2D eigenvalue weighted by atomic mass is 10.2. The molecular formula is C17H15FN4. The topological polar surface area (TPSA) is 50.7 Å². The van der Waals surface area contributed by atoms with Crippen LogP contribution in [0.3, 0.4) is 0 Å². The van der Waals surface area contributed by atoms with Gasteiger partial charge in [0.15, 0.2) is 5.82 Å². The quantitative estimate of drug-likeness (QED) is 0.799. The van der Waals surface area contributed by atoms with Crippen molar-refractivity contribution in [2.24, 2.45) is 0 Å². The van der Waals surface area contributed by atoms with Crippen LogP contribution in [0, 0.1) is 12.7 Å². The van der Waals surface area contributed by atoms with Gasteiger partial charge in [-0.15, -0.1) is 0 Å². The molecule has 1 N–H and O–H groups in total. The lowest BCUT2D eigenvalue weighted by molar-refractivity contribution is 0.626. The second-order valence-corrected chi connectivity index (χ2v) is 4.94. The van der Waals surface area contributed by atoms with Crippen LogP contribution in [0.2, 0.25) is 0 Å². The van der Waals surface area contributed by atoms with Crippen molar-refractivity contribution in [1.82, 2.24) is 15.0 Å². The maximum atomic E-state index is 13.2. The molecule has 2 heterocycles. The minimum atomic E-state index is -0.241. The van der Waals surface area contributed by atoms with Crippen LogP contribution in [-0.4, -0.2) is 15.0 Å². The number of pyridine rings is 1. The minimum absolute atomic E-state index is 0.241. The second-order valence-electron chi connectivity index (χ2n) is 4.94. The van der Waals surface area contributed by atoms with Gasteiger partial charge in [0, 0.05) is 36.3 Å². The number of hydrogen-bond acceptors (Lipinski definition) is 4. The second kappa shape index (κ2) is 6.30. The fourth-order valence-corrected chi connectivity index (χ4v) is 2.12. The zero-order valence-corrected chi connectivity index (χ0v) is 12.1. The molecule has 110 valence electrons. The van der Waals surface area contributed by atoms with Gasteiger partial charge >= 0.3 is 0 Å². The summed E-state index contributed by atoms with van der Waals surface area (Å²) in [7, 11) is 0. The van der Waals surface area contributed by atoms with Gasteiger partial charge in [-0.05, 0) is 36.8 Å². The highest BCUT2D eigenvalue weighted by molar-refractivity contribution is 5.56. The average molecular weight is 294 g/mol. The van der Waals surface area contributed by atoms with Crippen LogP contribution >= 0.6 is 0 Å². The van der Waals surface area contributed by atoms with Crippen molar-refractivity contribution in [3.05, 3.63) is 71.9 Å². The number of anilines is 1. The van der Waals surface area contributed by atoms with E-state index < -0.39 is 0 Å². The SMILES string of the molecule is Cc1cc(NCc2cccc(F)c2)nc(-c2cccnc2)n1. The first-order chi connectivity index (χ1) is 10.7. The molecule has 0 atom stereocenters. The van der Waals surface area contributed by atoms with Crippen LogP contribution in [0.25, 0.3) is 11.4 Å². The molecule has 0 aliphatic heterocycles. The molecular weight excluding hydrogens is 279 g/mol. The summed E-state index contributed by atoms with van der Waals surface area (Å²) in [6, 6.07) is 12.1. The van der Waals surface area contributed by atoms with E-state index in [0.717, 1.165) is 16.8 Å². The third-order valence-corrected chi connectivity index (χ3v) is 3.14. The monoisotopic (exact) mass is 294 g/mol. The van der Waals surface area contributed by atoms with E-state index in [1.54, 1.807) is 18.5 Å². The minimum Gasteiger partial charge on any atom is -0.366 e. The molecule has 0 bridgehead atoms. The van der Waals surface area contributed by atoms with Crippen LogP contribution < -0.4 is 5.32 Å². The number of rotatable bonds is 4. The molecule has 5 heteroatoms. The van der Waals surface area contributed by atoms with Crippen LogP contribution in [-0.2, 0) is 6.54 Å². The molecule has 4 nitrogen and oxygen atoms in total. The largest absolute Gasteiger partial charge is 0.366 e. The molecule has 1 aromatic carbocycles. The van der Waals surface area contributed by atoms with Gasteiger partial charge in [-0.25, -0.2) is 14.4 Å². The first-order valence-electron chi connectivity index (χ1n) is 6.95. The Hall–Kier alpha value is -2.82. The van der Waals surface area contributed by atoms with Gasteiger partial charge in [0.25, 0.3) is 0 Å². The zero-order chi connectivity index (χ0) is 15.4. The normalized spacial score (nSPS) is 10.5. The van der Waals surface area contributed by atoms with Gasteiger partial charge in [-0.1, -0.05) is 12.1 Å². The standard InChI is InChI=1S/C17H15FN4/c1-12-8-16(20-10-13-4-2-6-15(18)9-13)22-17(21-12)14-5-3-7-19-11-14/h2-9,11H,10H2,1H3,(H,20,21,22). The first-order valence-corrected chi connectivity index (χ1v) is 6.95. The highest BCUT2D eigenvalue weighted by Crippen LogP contribution is 2.17. The third-order valence-electron chi connectivity index (χ3n) is 3.14. The summed E-state index contributed by atoms with van der Waals surface area (Å²) < 4.78 is 13.2. The highest BCUT2D eigenvalue weighted by Gasteiger charge is 2.05. The molecule has 0 fully saturated rings. The summed E-state index contributed by atoms with van der Waals surface area (Å²) in [6.45, 7) is 2.41. The van der Waals surface area contributed by atoms with E-state index in [4.69, 9.17) is 0 Å². The Morgan fingerprint density at radius 1 is 1.09 bits per heavy atom. The Bertz CT molecular complexity index is 775. The number of aromatic nitrogens is 3. The van der Waals surface area contributed by atoms with Crippen molar-refractivity contribution < 1.29 is 4.39 Å². The van der Waals surface area contributed by atoms with Crippen molar-refractivity contribution in [2.75, 3.05) is 5.32 Å². The predicted octanol–water partition coefficient (Wildman–Crippen LogP) is 3.60. The summed E-state index contributed by atoms with van der Waals surface area (Å²) in [6.07, 6.45) is 3.44. The molecule has 0 saturated carbocycles. The molecule has 0 spiro atoms. The molecule has 2 aromatic heterocycles. The van der Waals surface area contributed by atoms with Gasteiger partial charge < -0.3 is 5.32 Å². The summed E-state index contributed by atoms with van der Waals surface area (Å²) in [5.41, 5.74) is 2.58. The predicted molar refractivity (Wildman–Crippen MR) is 83.7 cm³/mol. The number of aryl methyl sites for hydroxylation is 1. The Morgan fingerprint density at radius 3 is 2.77 bits per heavy atom. The fourth-order valence-electron chi connectivity index (χ4n) is 2.12. The Balaban J connectivity index is 1.81. The fraction of sp³-hybridized carbons (Fsp3) is 0.118. The number of hydrogen-bond donors (Lipinski definition) is 1. The number of nitrogens with one attached hydrogen (secondary N) is 1. The smallest absolute Gasteiger partial charge is 0.163 e. The Labute approximate surface area is 128 Å². The lowest BCUT2D eigenvalue weighted by Crippen LogP contribution is -2.04. The Morgan fingerprint density at radius 2 is 2.00 bits per heavy atom. The maximum absolute atomic E-state index is 13.2. The summed E-state index contributed by atoms with van der Waals surface area (Å²) in [5.74, 6) is 1.08. The molecule has 3 aromatic rings. The molecule has 0 unspecified atom stereocenters. The maximum Gasteiger partial charge on any atom is 0.163 e. The summed E-state index contributed by atoms with van der Waals surface area (Å²) >= 11 is 0. The first kappa shape index (κ1) is 14.1. The van der Waals surface area contributed by atoms with Gasteiger partial charge in [0.1, 0.15) is 11.6 Å². The molecule has 0 radical (unpaired) electrons. The van der Waals surface area contributed by atoms with Crippen molar-refractivity contribution in [1.29, 1.82) is 0 Å². The van der Waals surface area contributed by atoms with E-state index in [1.807, 2.05) is 31.2 Å².